The second kappa shape index (κ2) is 5.90. The van der Waals surface area contributed by atoms with Crippen molar-refractivity contribution < 1.29 is 0 Å². The molecule has 1 atom stereocenters. The van der Waals surface area contributed by atoms with Crippen molar-refractivity contribution in [1.82, 2.24) is 5.32 Å². The van der Waals surface area contributed by atoms with Crippen molar-refractivity contribution in [2.75, 3.05) is 18.4 Å². The van der Waals surface area contributed by atoms with E-state index in [2.05, 4.69) is 41.8 Å². The van der Waals surface area contributed by atoms with Gasteiger partial charge in [0.15, 0.2) is 0 Å². The Morgan fingerprint density at radius 2 is 2.25 bits per heavy atom. The van der Waals surface area contributed by atoms with Gasteiger partial charge >= 0.3 is 0 Å². The van der Waals surface area contributed by atoms with Crippen LogP contribution in [0.15, 0.2) is 24.3 Å². The molecule has 1 fully saturated rings. The minimum Gasteiger partial charge on any atom is -0.385 e. The molecule has 1 aromatic rings. The summed E-state index contributed by atoms with van der Waals surface area (Å²) < 4.78 is 0. The molecule has 0 aliphatic carbocycles. The van der Waals surface area contributed by atoms with Crippen molar-refractivity contribution in [1.29, 1.82) is 0 Å². The van der Waals surface area contributed by atoms with Gasteiger partial charge in [-0.3, -0.25) is 0 Å². The molecule has 0 spiro atoms. The molecule has 0 aromatic heterocycles. The lowest BCUT2D eigenvalue weighted by atomic mass is 10.1. The maximum absolute atomic E-state index is 3.55. The molecule has 1 aliphatic rings. The van der Waals surface area contributed by atoms with Gasteiger partial charge in [-0.05, 0) is 43.9 Å². The summed E-state index contributed by atoms with van der Waals surface area (Å²) in [6.45, 7) is 4.49. The van der Waals surface area contributed by atoms with Gasteiger partial charge in [0.05, 0.1) is 0 Å². The maximum atomic E-state index is 3.55. The molecule has 88 valence electrons. The quantitative estimate of drug-likeness (QED) is 0.794. The van der Waals surface area contributed by atoms with E-state index >= 15 is 0 Å². The average Bonchev–Trinajstić information content (AvgIpc) is 2.83. The fourth-order valence-corrected chi connectivity index (χ4v) is 2.39. The number of anilines is 1. The second-order valence-corrected chi connectivity index (χ2v) is 4.52. The number of hydrogen-bond donors (Lipinski definition) is 2. The summed E-state index contributed by atoms with van der Waals surface area (Å²) in [6.07, 6.45) is 5.02. The Kier molecular flexibility index (Phi) is 4.23. The van der Waals surface area contributed by atoms with Crippen molar-refractivity contribution in [3.05, 3.63) is 29.8 Å². The molecule has 1 saturated heterocycles. The molecule has 2 heteroatoms. The number of rotatable bonds is 5. The highest BCUT2D eigenvalue weighted by Crippen LogP contribution is 2.16. The van der Waals surface area contributed by atoms with E-state index in [0.717, 1.165) is 19.0 Å². The molecule has 2 nitrogen and oxygen atoms in total. The highest BCUT2D eigenvalue weighted by Gasteiger charge is 2.12. The highest BCUT2D eigenvalue weighted by atomic mass is 14.9. The first-order valence-corrected chi connectivity index (χ1v) is 6.45. The third kappa shape index (κ3) is 2.99. The molecule has 0 amide bonds. The van der Waals surface area contributed by atoms with Crippen LogP contribution in [0.3, 0.4) is 0 Å². The predicted octanol–water partition coefficient (Wildman–Crippen LogP) is 2.80. The van der Waals surface area contributed by atoms with Gasteiger partial charge in [-0.1, -0.05) is 25.1 Å². The van der Waals surface area contributed by atoms with Crippen molar-refractivity contribution in [3.63, 3.8) is 0 Å². The van der Waals surface area contributed by atoms with E-state index < -0.39 is 0 Å². The Bertz CT molecular complexity index is 316. The van der Waals surface area contributed by atoms with Crippen LogP contribution in [0.1, 0.15) is 31.7 Å². The van der Waals surface area contributed by atoms with E-state index in [1.807, 2.05) is 0 Å². The van der Waals surface area contributed by atoms with Gasteiger partial charge in [-0.15, -0.1) is 0 Å². The maximum Gasteiger partial charge on any atom is 0.0372 e. The summed E-state index contributed by atoms with van der Waals surface area (Å²) in [5.41, 5.74) is 2.73. The van der Waals surface area contributed by atoms with Gasteiger partial charge < -0.3 is 10.6 Å². The van der Waals surface area contributed by atoms with Crippen molar-refractivity contribution in [2.45, 2.75) is 38.6 Å². The predicted molar refractivity (Wildman–Crippen MR) is 70.0 cm³/mol. The fourth-order valence-electron chi connectivity index (χ4n) is 2.39. The lowest BCUT2D eigenvalue weighted by molar-refractivity contribution is 0.574. The Balaban J connectivity index is 1.79. The van der Waals surface area contributed by atoms with Gasteiger partial charge in [-0.25, -0.2) is 0 Å². The summed E-state index contributed by atoms with van der Waals surface area (Å²) >= 11 is 0. The van der Waals surface area contributed by atoms with Crippen LogP contribution in [0, 0.1) is 0 Å². The van der Waals surface area contributed by atoms with E-state index in [1.165, 1.54) is 37.1 Å². The monoisotopic (exact) mass is 218 g/mol. The fraction of sp³-hybridized carbons (Fsp3) is 0.571. The van der Waals surface area contributed by atoms with Crippen molar-refractivity contribution in [2.24, 2.45) is 0 Å². The molecular weight excluding hydrogens is 196 g/mol. The van der Waals surface area contributed by atoms with E-state index in [9.17, 15) is 0 Å². The molecule has 1 aromatic carbocycles. The van der Waals surface area contributed by atoms with Crippen molar-refractivity contribution >= 4 is 5.69 Å². The largest absolute Gasteiger partial charge is 0.385 e. The van der Waals surface area contributed by atoms with Gasteiger partial charge in [0.25, 0.3) is 0 Å². The number of hydrogen-bond acceptors (Lipinski definition) is 2. The third-order valence-electron chi connectivity index (χ3n) is 3.37. The summed E-state index contributed by atoms with van der Waals surface area (Å²) in [5.74, 6) is 0. The first kappa shape index (κ1) is 11.5. The molecule has 2 rings (SSSR count). The van der Waals surface area contributed by atoms with Crippen LogP contribution in [-0.4, -0.2) is 19.1 Å². The molecule has 0 bridgehead atoms. The normalized spacial score (nSPS) is 19.9. The van der Waals surface area contributed by atoms with Gasteiger partial charge in [0.1, 0.15) is 0 Å². The number of nitrogens with one attached hydrogen (secondary N) is 2. The lowest BCUT2D eigenvalue weighted by Crippen LogP contribution is -2.24. The Labute approximate surface area is 98.4 Å². The molecule has 16 heavy (non-hydrogen) atoms. The van der Waals surface area contributed by atoms with Gasteiger partial charge in [0, 0.05) is 18.3 Å². The van der Waals surface area contributed by atoms with Crippen LogP contribution in [0.5, 0.6) is 0 Å². The Hall–Kier alpha value is -1.02. The van der Waals surface area contributed by atoms with Gasteiger partial charge in [0.2, 0.25) is 0 Å². The highest BCUT2D eigenvalue weighted by molar-refractivity contribution is 5.50. The molecular formula is C14H22N2. The van der Waals surface area contributed by atoms with E-state index in [0.29, 0.717) is 0 Å². The summed E-state index contributed by atoms with van der Waals surface area (Å²) in [5, 5.41) is 7.08. The number of benzene rings is 1. The topological polar surface area (TPSA) is 24.1 Å². The smallest absolute Gasteiger partial charge is 0.0372 e. The lowest BCUT2D eigenvalue weighted by Gasteiger charge is -2.13. The zero-order valence-electron chi connectivity index (χ0n) is 10.1. The summed E-state index contributed by atoms with van der Waals surface area (Å²) in [7, 11) is 0. The molecule has 0 saturated carbocycles. The Morgan fingerprint density at radius 1 is 1.38 bits per heavy atom. The van der Waals surface area contributed by atoms with Crippen molar-refractivity contribution in [3.8, 4) is 0 Å². The van der Waals surface area contributed by atoms with Crippen LogP contribution in [-0.2, 0) is 6.42 Å². The standard InChI is InChI=1S/C14H22N2/c1-2-12-6-3-4-8-14(12)16-11-9-13-7-5-10-15-13/h3-4,6,8,13,15-16H,2,5,7,9-11H2,1H3. The Morgan fingerprint density at radius 3 is 3.00 bits per heavy atom. The molecule has 1 aliphatic heterocycles. The zero-order chi connectivity index (χ0) is 11.2. The first-order valence-electron chi connectivity index (χ1n) is 6.45. The molecule has 1 heterocycles. The zero-order valence-corrected chi connectivity index (χ0v) is 10.1. The number of para-hydroxylation sites is 1. The number of aryl methyl sites for hydroxylation is 1. The minimum absolute atomic E-state index is 0.737. The summed E-state index contributed by atoms with van der Waals surface area (Å²) in [6, 6.07) is 9.34. The van der Waals surface area contributed by atoms with Crippen LogP contribution in [0.4, 0.5) is 5.69 Å². The minimum atomic E-state index is 0.737. The molecule has 0 radical (unpaired) electrons. The third-order valence-corrected chi connectivity index (χ3v) is 3.37. The van der Waals surface area contributed by atoms with Gasteiger partial charge in [-0.2, -0.15) is 0 Å². The second-order valence-electron chi connectivity index (χ2n) is 4.52. The van der Waals surface area contributed by atoms with Crippen LogP contribution < -0.4 is 10.6 Å². The van der Waals surface area contributed by atoms with E-state index in [1.54, 1.807) is 0 Å². The van der Waals surface area contributed by atoms with Crippen LogP contribution in [0.2, 0.25) is 0 Å². The average molecular weight is 218 g/mol. The van der Waals surface area contributed by atoms with Crippen LogP contribution >= 0.6 is 0 Å². The van der Waals surface area contributed by atoms with E-state index in [-0.39, 0.29) is 0 Å². The molecule has 1 unspecified atom stereocenters. The molecule has 2 N–H and O–H groups in total. The first-order chi connectivity index (χ1) is 7.90. The summed E-state index contributed by atoms with van der Waals surface area (Å²) in [4.78, 5) is 0. The SMILES string of the molecule is CCc1ccccc1NCCC1CCCN1. The van der Waals surface area contributed by atoms with Crippen LogP contribution in [0.25, 0.3) is 0 Å². The van der Waals surface area contributed by atoms with E-state index in [4.69, 9.17) is 0 Å².